The van der Waals surface area contributed by atoms with Crippen LogP contribution in [0.4, 0.5) is 0 Å². The number of ether oxygens (including phenoxy) is 2. The second kappa shape index (κ2) is 12.8. The van der Waals surface area contributed by atoms with Crippen LogP contribution in [0.15, 0.2) is 42.6 Å². The van der Waals surface area contributed by atoms with Gasteiger partial charge < -0.3 is 20.2 Å². The van der Waals surface area contributed by atoms with E-state index in [4.69, 9.17) is 38.4 Å². The standard InChI is InChI=1S/C26H31Cl2N3O3/c1-3-5-11-33-24-10-7-17(13-20(24)26(32)34-12-6-4-2)22(29)15-25-30-16-23(31-25)19-14-18(27)8-9-21(19)28/h7-10,13-14,16,22H,3-6,11-12,15,29H2,1-2H3,(H,30,31). The molecular formula is C26H31Cl2N3O3. The highest BCUT2D eigenvalue weighted by atomic mass is 35.5. The first-order valence-electron chi connectivity index (χ1n) is 11.6. The largest absolute Gasteiger partial charge is 0.493 e. The number of aromatic nitrogens is 2. The van der Waals surface area contributed by atoms with Gasteiger partial charge in [0, 0.05) is 23.0 Å². The first-order valence-corrected chi connectivity index (χ1v) is 12.4. The van der Waals surface area contributed by atoms with Gasteiger partial charge in [-0.2, -0.15) is 0 Å². The van der Waals surface area contributed by atoms with E-state index in [2.05, 4.69) is 16.9 Å². The van der Waals surface area contributed by atoms with Crippen molar-refractivity contribution in [2.75, 3.05) is 13.2 Å². The maximum Gasteiger partial charge on any atom is 0.341 e. The zero-order chi connectivity index (χ0) is 24.5. The number of carbonyl (C=O) groups excluding carboxylic acids is 1. The Kier molecular flexibility index (Phi) is 9.81. The van der Waals surface area contributed by atoms with Crippen molar-refractivity contribution in [2.24, 2.45) is 5.73 Å². The molecular weight excluding hydrogens is 473 g/mol. The first-order chi connectivity index (χ1) is 16.4. The lowest BCUT2D eigenvalue weighted by atomic mass is 10.0. The van der Waals surface area contributed by atoms with E-state index in [0.717, 1.165) is 42.5 Å². The van der Waals surface area contributed by atoms with Gasteiger partial charge in [0.1, 0.15) is 17.1 Å². The molecule has 1 heterocycles. The number of rotatable bonds is 12. The van der Waals surface area contributed by atoms with Crippen molar-refractivity contribution in [3.05, 3.63) is 69.6 Å². The molecule has 1 aromatic heterocycles. The molecule has 6 nitrogen and oxygen atoms in total. The molecule has 3 N–H and O–H groups in total. The zero-order valence-corrected chi connectivity index (χ0v) is 21.1. The number of nitrogens with zero attached hydrogens (tertiary/aromatic N) is 1. The van der Waals surface area contributed by atoms with Gasteiger partial charge >= 0.3 is 5.97 Å². The number of unbranched alkanes of at least 4 members (excludes halogenated alkanes) is 2. The molecule has 3 rings (SSSR count). The second-order valence-electron chi connectivity index (χ2n) is 8.13. The highest BCUT2D eigenvalue weighted by Crippen LogP contribution is 2.30. The highest BCUT2D eigenvalue weighted by molar-refractivity contribution is 6.35. The molecule has 1 unspecified atom stereocenters. The molecule has 0 spiro atoms. The second-order valence-corrected chi connectivity index (χ2v) is 8.97. The number of hydrogen-bond donors (Lipinski definition) is 2. The molecule has 0 bridgehead atoms. The molecule has 34 heavy (non-hydrogen) atoms. The number of esters is 1. The average molecular weight is 504 g/mol. The Balaban J connectivity index is 1.77. The Morgan fingerprint density at radius 3 is 2.62 bits per heavy atom. The topological polar surface area (TPSA) is 90.2 Å². The SMILES string of the molecule is CCCCOC(=O)c1cc(C(N)Cc2ncc(-c3cc(Cl)ccc3Cl)[nH]2)ccc1OCCCC. The van der Waals surface area contributed by atoms with Crippen molar-refractivity contribution in [2.45, 2.75) is 52.0 Å². The molecule has 182 valence electrons. The Labute approximate surface area is 210 Å². The number of nitrogens with one attached hydrogen (secondary N) is 1. The van der Waals surface area contributed by atoms with Gasteiger partial charge in [-0.25, -0.2) is 9.78 Å². The van der Waals surface area contributed by atoms with Gasteiger partial charge in [0.15, 0.2) is 0 Å². The molecule has 0 fully saturated rings. The molecule has 0 aliphatic heterocycles. The Morgan fingerprint density at radius 1 is 1.09 bits per heavy atom. The normalized spacial score (nSPS) is 11.9. The summed E-state index contributed by atoms with van der Waals surface area (Å²) in [5.74, 6) is 0.820. The maximum absolute atomic E-state index is 12.7. The lowest BCUT2D eigenvalue weighted by Crippen LogP contribution is -2.16. The quantitative estimate of drug-likeness (QED) is 0.210. The van der Waals surface area contributed by atoms with Crippen LogP contribution in [0.25, 0.3) is 11.3 Å². The van der Waals surface area contributed by atoms with E-state index >= 15 is 0 Å². The van der Waals surface area contributed by atoms with Crippen LogP contribution in [0.2, 0.25) is 10.0 Å². The molecule has 0 saturated heterocycles. The van der Waals surface area contributed by atoms with Crippen LogP contribution in [0.5, 0.6) is 5.75 Å². The minimum atomic E-state index is -0.398. The molecule has 0 aliphatic carbocycles. The third-order valence-electron chi connectivity index (χ3n) is 5.40. The predicted octanol–water partition coefficient (Wildman–Crippen LogP) is 6.76. The van der Waals surface area contributed by atoms with E-state index < -0.39 is 5.97 Å². The predicted molar refractivity (Wildman–Crippen MR) is 137 cm³/mol. The molecule has 0 aliphatic rings. The van der Waals surface area contributed by atoms with Crippen molar-refractivity contribution < 1.29 is 14.3 Å². The Hall–Kier alpha value is -2.54. The van der Waals surface area contributed by atoms with Crippen LogP contribution in [-0.2, 0) is 11.2 Å². The number of benzene rings is 2. The molecule has 2 aromatic carbocycles. The number of aromatic amines is 1. The summed E-state index contributed by atoms with van der Waals surface area (Å²) in [6.07, 6.45) is 5.82. The Bertz CT molecular complexity index is 1100. The van der Waals surface area contributed by atoms with Gasteiger partial charge in [-0.3, -0.25) is 0 Å². The van der Waals surface area contributed by atoms with Crippen LogP contribution < -0.4 is 10.5 Å². The fourth-order valence-corrected chi connectivity index (χ4v) is 3.80. The van der Waals surface area contributed by atoms with Crippen LogP contribution in [0.1, 0.15) is 67.3 Å². The average Bonchev–Trinajstić information content (AvgIpc) is 3.29. The van der Waals surface area contributed by atoms with E-state index in [0.29, 0.717) is 46.8 Å². The van der Waals surface area contributed by atoms with E-state index in [1.54, 1.807) is 36.5 Å². The molecule has 0 saturated carbocycles. The van der Waals surface area contributed by atoms with Gasteiger partial charge in [-0.1, -0.05) is 56.0 Å². The zero-order valence-electron chi connectivity index (χ0n) is 19.6. The molecule has 3 aromatic rings. The van der Waals surface area contributed by atoms with Crippen molar-refractivity contribution >= 4 is 29.2 Å². The Morgan fingerprint density at radius 2 is 1.85 bits per heavy atom. The minimum absolute atomic E-state index is 0.376. The van der Waals surface area contributed by atoms with Crippen molar-refractivity contribution in [1.82, 2.24) is 9.97 Å². The molecule has 8 heteroatoms. The van der Waals surface area contributed by atoms with Crippen molar-refractivity contribution in [1.29, 1.82) is 0 Å². The summed E-state index contributed by atoms with van der Waals surface area (Å²) >= 11 is 12.4. The number of H-pyrrole nitrogens is 1. The number of hydrogen-bond acceptors (Lipinski definition) is 5. The fourth-order valence-electron chi connectivity index (χ4n) is 3.41. The summed E-state index contributed by atoms with van der Waals surface area (Å²) in [6.45, 7) is 5.05. The van der Waals surface area contributed by atoms with Crippen molar-refractivity contribution in [3.63, 3.8) is 0 Å². The lowest BCUT2D eigenvalue weighted by molar-refractivity contribution is 0.0495. The minimum Gasteiger partial charge on any atom is -0.493 e. The van der Waals surface area contributed by atoms with Crippen molar-refractivity contribution in [3.8, 4) is 17.0 Å². The summed E-state index contributed by atoms with van der Waals surface area (Å²) in [7, 11) is 0. The van der Waals surface area contributed by atoms with Gasteiger partial charge in [-0.15, -0.1) is 0 Å². The first kappa shape index (κ1) is 26.1. The summed E-state index contributed by atoms with van der Waals surface area (Å²) in [4.78, 5) is 20.5. The smallest absolute Gasteiger partial charge is 0.341 e. The van der Waals surface area contributed by atoms with Crippen LogP contribution >= 0.6 is 23.2 Å². The van der Waals surface area contributed by atoms with Crippen LogP contribution in [0, 0.1) is 0 Å². The summed E-state index contributed by atoms with van der Waals surface area (Å²) < 4.78 is 11.3. The highest BCUT2D eigenvalue weighted by Gasteiger charge is 2.19. The van der Waals surface area contributed by atoms with E-state index in [1.165, 1.54) is 0 Å². The number of nitrogens with two attached hydrogens (primary N) is 1. The third kappa shape index (κ3) is 6.98. The lowest BCUT2D eigenvalue weighted by Gasteiger charge is -2.16. The van der Waals surface area contributed by atoms with E-state index in [9.17, 15) is 4.79 Å². The van der Waals surface area contributed by atoms with Gasteiger partial charge in [0.2, 0.25) is 0 Å². The molecule has 0 radical (unpaired) electrons. The van der Waals surface area contributed by atoms with E-state index in [-0.39, 0.29) is 6.04 Å². The summed E-state index contributed by atoms with van der Waals surface area (Å²) in [6, 6.07) is 10.3. The van der Waals surface area contributed by atoms with E-state index in [1.807, 2.05) is 13.0 Å². The van der Waals surface area contributed by atoms with Gasteiger partial charge in [0.05, 0.1) is 30.1 Å². The van der Waals surface area contributed by atoms with Gasteiger partial charge in [-0.05, 0) is 48.7 Å². The monoisotopic (exact) mass is 503 g/mol. The van der Waals surface area contributed by atoms with Crippen LogP contribution in [0.3, 0.4) is 0 Å². The summed E-state index contributed by atoms with van der Waals surface area (Å²) in [5, 5.41) is 1.17. The summed E-state index contributed by atoms with van der Waals surface area (Å²) in [5.41, 5.74) is 9.21. The molecule has 0 amide bonds. The fraction of sp³-hybridized carbons (Fsp3) is 0.385. The third-order valence-corrected chi connectivity index (χ3v) is 5.96. The molecule has 1 atom stereocenters. The number of imidazole rings is 1. The van der Waals surface area contributed by atoms with Gasteiger partial charge in [0.25, 0.3) is 0 Å². The number of carbonyl (C=O) groups is 1. The number of halogens is 2. The maximum atomic E-state index is 12.7. The van der Waals surface area contributed by atoms with Crippen LogP contribution in [-0.4, -0.2) is 29.2 Å².